The van der Waals surface area contributed by atoms with E-state index < -0.39 is 12.1 Å². The van der Waals surface area contributed by atoms with Crippen molar-refractivity contribution in [1.82, 2.24) is 0 Å². The lowest BCUT2D eigenvalue weighted by molar-refractivity contribution is -0.123. The Labute approximate surface area is 152 Å². The number of nitrogens with one attached hydrogen (secondary N) is 1. The highest BCUT2D eigenvalue weighted by atomic mass is 16.5. The molecule has 1 atom stereocenters. The maximum atomic E-state index is 12.5. The highest BCUT2D eigenvalue weighted by Gasteiger charge is 2.19. The highest BCUT2D eigenvalue weighted by molar-refractivity contribution is 5.99. The van der Waals surface area contributed by atoms with Gasteiger partial charge in [0.05, 0.1) is 5.56 Å². The second-order valence-electron chi connectivity index (χ2n) is 5.81. The Morgan fingerprint density at radius 3 is 2.08 bits per heavy atom. The van der Waals surface area contributed by atoms with Gasteiger partial charge in [-0.25, -0.2) is 4.79 Å². The van der Waals surface area contributed by atoms with Gasteiger partial charge in [-0.05, 0) is 30.7 Å². The number of para-hydroxylation sites is 1. The average Bonchev–Trinajstić information content (AvgIpc) is 2.69. The van der Waals surface area contributed by atoms with Crippen molar-refractivity contribution < 1.29 is 14.3 Å². The van der Waals surface area contributed by atoms with E-state index >= 15 is 0 Å². The van der Waals surface area contributed by atoms with Crippen LogP contribution in [0.4, 0.5) is 5.69 Å². The first-order valence-corrected chi connectivity index (χ1v) is 8.36. The molecule has 4 heteroatoms. The standard InChI is InChI=1S/C22H19NO3/c1-16(26-22(25)18-12-6-3-7-13-18)21(24)23-20-15-9-8-14-19(20)17-10-4-2-5-11-17/h2-16H,1H3,(H,23,24). The molecule has 1 unspecified atom stereocenters. The molecule has 0 aliphatic carbocycles. The molecule has 0 bridgehead atoms. The zero-order valence-electron chi connectivity index (χ0n) is 14.4. The van der Waals surface area contributed by atoms with Gasteiger partial charge < -0.3 is 10.1 Å². The smallest absolute Gasteiger partial charge is 0.338 e. The van der Waals surface area contributed by atoms with Crippen molar-refractivity contribution in [3.05, 3.63) is 90.5 Å². The van der Waals surface area contributed by atoms with Gasteiger partial charge in [-0.1, -0.05) is 66.7 Å². The molecule has 0 saturated heterocycles. The van der Waals surface area contributed by atoms with Crippen LogP contribution in [0, 0.1) is 0 Å². The zero-order chi connectivity index (χ0) is 18.4. The van der Waals surface area contributed by atoms with Gasteiger partial charge in [0, 0.05) is 11.3 Å². The molecule has 0 fully saturated rings. The fourth-order valence-corrected chi connectivity index (χ4v) is 2.55. The van der Waals surface area contributed by atoms with Gasteiger partial charge in [0.1, 0.15) is 0 Å². The van der Waals surface area contributed by atoms with Gasteiger partial charge in [0.25, 0.3) is 5.91 Å². The normalized spacial score (nSPS) is 11.4. The molecule has 0 aliphatic rings. The number of esters is 1. The quantitative estimate of drug-likeness (QED) is 0.691. The lowest BCUT2D eigenvalue weighted by Crippen LogP contribution is -2.30. The van der Waals surface area contributed by atoms with Crippen molar-refractivity contribution in [2.24, 2.45) is 0 Å². The lowest BCUT2D eigenvalue weighted by atomic mass is 10.0. The molecule has 130 valence electrons. The van der Waals surface area contributed by atoms with Gasteiger partial charge in [0.2, 0.25) is 0 Å². The molecule has 3 rings (SSSR count). The molecule has 26 heavy (non-hydrogen) atoms. The molecular weight excluding hydrogens is 326 g/mol. The Morgan fingerprint density at radius 1 is 0.808 bits per heavy atom. The zero-order valence-corrected chi connectivity index (χ0v) is 14.4. The number of hydrogen-bond acceptors (Lipinski definition) is 3. The van der Waals surface area contributed by atoms with E-state index in [1.54, 1.807) is 31.2 Å². The van der Waals surface area contributed by atoms with Crippen LogP contribution in [0.3, 0.4) is 0 Å². The van der Waals surface area contributed by atoms with Crippen LogP contribution in [-0.2, 0) is 9.53 Å². The summed E-state index contributed by atoms with van der Waals surface area (Å²) in [6.07, 6.45) is -0.911. The van der Waals surface area contributed by atoms with Crippen molar-refractivity contribution in [1.29, 1.82) is 0 Å². The Kier molecular flexibility index (Phi) is 5.44. The fourth-order valence-electron chi connectivity index (χ4n) is 2.55. The number of anilines is 1. The number of carbonyl (C=O) groups is 2. The number of ether oxygens (including phenoxy) is 1. The Balaban J connectivity index is 1.71. The van der Waals surface area contributed by atoms with E-state index in [1.807, 2.05) is 60.7 Å². The van der Waals surface area contributed by atoms with E-state index in [2.05, 4.69) is 5.32 Å². The van der Waals surface area contributed by atoms with Crippen LogP contribution in [0.1, 0.15) is 17.3 Å². The van der Waals surface area contributed by atoms with Crippen LogP contribution >= 0.6 is 0 Å². The SMILES string of the molecule is CC(OC(=O)c1ccccc1)C(=O)Nc1ccccc1-c1ccccc1. The average molecular weight is 345 g/mol. The summed E-state index contributed by atoms with van der Waals surface area (Å²) in [7, 11) is 0. The third-order valence-corrected chi connectivity index (χ3v) is 3.93. The lowest BCUT2D eigenvalue weighted by Gasteiger charge is -2.16. The van der Waals surface area contributed by atoms with Crippen molar-refractivity contribution in [2.75, 3.05) is 5.32 Å². The Hall–Kier alpha value is -3.40. The second kappa shape index (κ2) is 8.12. The van der Waals surface area contributed by atoms with Gasteiger partial charge in [-0.2, -0.15) is 0 Å². The molecule has 1 amide bonds. The van der Waals surface area contributed by atoms with Crippen LogP contribution in [-0.4, -0.2) is 18.0 Å². The molecule has 0 saturated carbocycles. The first-order valence-electron chi connectivity index (χ1n) is 8.36. The summed E-state index contributed by atoms with van der Waals surface area (Å²) in [6, 6.07) is 25.9. The summed E-state index contributed by atoms with van der Waals surface area (Å²) in [6.45, 7) is 1.56. The summed E-state index contributed by atoms with van der Waals surface area (Å²) >= 11 is 0. The monoisotopic (exact) mass is 345 g/mol. The van der Waals surface area contributed by atoms with Gasteiger partial charge >= 0.3 is 5.97 Å². The Bertz CT molecular complexity index is 892. The van der Waals surface area contributed by atoms with Crippen LogP contribution in [0.2, 0.25) is 0 Å². The molecule has 3 aromatic rings. The number of benzene rings is 3. The number of hydrogen-bond donors (Lipinski definition) is 1. The predicted octanol–water partition coefficient (Wildman–Crippen LogP) is 4.54. The number of rotatable bonds is 5. The number of amides is 1. The first-order chi connectivity index (χ1) is 12.6. The first kappa shape index (κ1) is 17.4. The molecule has 0 aromatic heterocycles. The summed E-state index contributed by atoms with van der Waals surface area (Å²) < 4.78 is 5.27. The van der Waals surface area contributed by atoms with E-state index in [-0.39, 0.29) is 5.91 Å². The van der Waals surface area contributed by atoms with Crippen molar-refractivity contribution >= 4 is 17.6 Å². The summed E-state index contributed by atoms with van der Waals surface area (Å²) in [5, 5.41) is 2.85. The van der Waals surface area contributed by atoms with E-state index in [4.69, 9.17) is 4.74 Å². The van der Waals surface area contributed by atoms with E-state index in [0.29, 0.717) is 11.3 Å². The van der Waals surface area contributed by atoms with E-state index in [1.165, 1.54) is 0 Å². The van der Waals surface area contributed by atoms with E-state index in [0.717, 1.165) is 11.1 Å². The maximum Gasteiger partial charge on any atom is 0.338 e. The molecular formula is C22H19NO3. The molecule has 4 nitrogen and oxygen atoms in total. The minimum absolute atomic E-state index is 0.377. The number of carbonyl (C=O) groups excluding carboxylic acids is 2. The van der Waals surface area contributed by atoms with Crippen molar-refractivity contribution in [3.63, 3.8) is 0 Å². The van der Waals surface area contributed by atoms with Gasteiger partial charge in [-0.15, -0.1) is 0 Å². The van der Waals surface area contributed by atoms with Crippen LogP contribution in [0.5, 0.6) is 0 Å². The van der Waals surface area contributed by atoms with E-state index in [9.17, 15) is 9.59 Å². The predicted molar refractivity (Wildman–Crippen MR) is 102 cm³/mol. The van der Waals surface area contributed by atoms with Gasteiger partial charge in [0.15, 0.2) is 6.10 Å². The molecule has 0 radical (unpaired) electrons. The largest absolute Gasteiger partial charge is 0.449 e. The molecule has 0 spiro atoms. The van der Waals surface area contributed by atoms with Crippen LogP contribution < -0.4 is 5.32 Å². The van der Waals surface area contributed by atoms with Crippen LogP contribution in [0.15, 0.2) is 84.9 Å². The second-order valence-corrected chi connectivity index (χ2v) is 5.81. The summed E-state index contributed by atoms with van der Waals surface area (Å²) in [5.41, 5.74) is 2.99. The summed E-state index contributed by atoms with van der Waals surface area (Å²) in [5.74, 6) is -0.901. The summed E-state index contributed by atoms with van der Waals surface area (Å²) in [4.78, 5) is 24.6. The fraction of sp³-hybridized carbons (Fsp3) is 0.0909. The van der Waals surface area contributed by atoms with Gasteiger partial charge in [-0.3, -0.25) is 4.79 Å². The topological polar surface area (TPSA) is 55.4 Å². The highest BCUT2D eigenvalue weighted by Crippen LogP contribution is 2.27. The minimum Gasteiger partial charge on any atom is -0.449 e. The minimum atomic E-state index is -0.911. The molecule has 0 aliphatic heterocycles. The third kappa shape index (κ3) is 4.16. The molecule has 0 heterocycles. The van der Waals surface area contributed by atoms with Crippen LogP contribution in [0.25, 0.3) is 11.1 Å². The molecule has 3 aromatic carbocycles. The maximum absolute atomic E-state index is 12.5. The Morgan fingerprint density at radius 2 is 1.38 bits per heavy atom. The van der Waals surface area contributed by atoms with Crippen molar-refractivity contribution in [3.8, 4) is 11.1 Å². The van der Waals surface area contributed by atoms with Crippen molar-refractivity contribution in [2.45, 2.75) is 13.0 Å². The molecule has 1 N–H and O–H groups in total. The third-order valence-electron chi connectivity index (χ3n) is 3.93.